The molecule has 1 aromatic carbocycles. The average molecular weight is 477 g/mol. The number of hydrogen-bond acceptors (Lipinski definition) is 6. The van der Waals surface area contributed by atoms with Crippen molar-refractivity contribution in [2.24, 2.45) is 0 Å². The number of nitrogens with zero attached hydrogens (tertiary/aromatic N) is 5. The number of carbonyl (C=O) groups excluding carboxylic acids is 2. The molecule has 6 rings (SSSR count). The van der Waals surface area contributed by atoms with E-state index in [4.69, 9.17) is 0 Å². The number of piperazine rings is 1. The van der Waals surface area contributed by atoms with E-state index in [1.807, 2.05) is 12.1 Å². The number of benzene rings is 1. The molecule has 2 fully saturated rings. The fourth-order valence-electron chi connectivity index (χ4n) is 5.10. The molecule has 3 aliphatic rings. The number of nitrogens with one attached hydrogen (secondary N) is 1. The highest BCUT2D eigenvalue weighted by atomic mass is 32.1. The Morgan fingerprint density at radius 3 is 2.62 bits per heavy atom. The number of urea groups is 1. The van der Waals surface area contributed by atoms with Crippen molar-refractivity contribution >= 4 is 23.3 Å². The Labute approximate surface area is 202 Å². The molecule has 9 heteroatoms. The van der Waals surface area contributed by atoms with Crippen LogP contribution in [0.25, 0.3) is 21.8 Å². The van der Waals surface area contributed by atoms with Gasteiger partial charge in [-0.05, 0) is 36.4 Å². The Hall–Kier alpha value is -3.01. The van der Waals surface area contributed by atoms with E-state index in [0.29, 0.717) is 6.54 Å². The summed E-state index contributed by atoms with van der Waals surface area (Å²) in [4.78, 5) is 34.1. The smallest absolute Gasteiger partial charge is 0.318 e. The predicted molar refractivity (Wildman–Crippen MR) is 131 cm³/mol. The second kappa shape index (κ2) is 8.33. The molecule has 0 atom stereocenters. The molecular formula is C25H28N6O2S. The van der Waals surface area contributed by atoms with Gasteiger partial charge in [0, 0.05) is 62.2 Å². The monoisotopic (exact) mass is 476 g/mol. The Bertz CT molecular complexity index is 1270. The average Bonchev–Trinajstić information content (AvgIpc) is 3.57. The first-order valence-electron chi connectivity index (χ1n) is 11.7. The van der Waals surface area contributed by atoms with Crippen molar-refractivity contribution in [2.45, 2.75) is 19.5 Å². The molecule has 3 aromatic rings. The van der Waals surface area contributed by atoms with Crippen LogP contribution in [-0.2, 0) is 24.3 Å². The molecule has 2 aliphatic heterocycles. The summed E-state index contributed by atoms with van der Waals surface area (Å²) in [6, 6.07) is 10.7. The number of imide groups is 1. The van der Waals surface area contributed by atoms with Gasteiger partial charge in [-0.2, -0.15) is 5.10 Å². The zero-order chi connectivity index (χ0) is 23.4. The number of likely N-dealkylation sites (N-methyl/N-ethyl adjacent to an activating group) is 2. The van der Waals surface area contributed by atoms with Gasteiger partial charge in [0.15, 0.2) is 0 Å². The van der Waals surface area contributed by atoms with E-state index in [1.54, 1.807) is 18.4 Å². The molecule has 0 saturated carbocycles. The van der Waals surface area contributed by atoms with E-state index < -0.39 is 0 Å². The van der Waals surface area contributed by atoms with Gasteiger partial charge < -0.3 is 9.80 Å². The number of fused-ring (bicyclic) bond motifs is 3. The molecule has 1 aliphatic carbocycles. The van der Waals surface area contributed by atoms with Gasteiger partial charge >= 0.3 is 6.03 Å². The van der Waals surface area contributed by atoms with E-state index in [-0.39, 0.29) is 18.5 Å². The zero-order valence-corrected chi connectivity index (χ0v) is 20.3. The number of amides is 3. The van der Waals surface area contributed by atoms with Crippen molar-refractivity contribution < 1.29 is 9.59 Å². The second-order valence-corrected chi connectivity index (χ2v) is 10.7. The number of thiophene rings is 1. The van der Waals surface area contributed by atoms with Crippen molar-refractivity contribution in [3.63, 3.8) is 0 Å². The van der Waals surface area contributed by atoms with E-state index in [0.717, 1.165) is 60.3 Å². The molecule has 0 spiro atoms. The summed E-state index contributed by atoms with van der Waals surface area (Å²) in [6.45, 7) is 5.91. The first-order valence-corrected chi connectivity index (χ1v) is 12.5. The number of carbonyl (C=O) groups is 2. The van der Waals surface area contributed by atoms with Crippen LogP contribution in [0.1, 0.15) is 21.6 Å². The summed E-state index contributed by atoms with van der Waals surface area (Å²) >= 11 is 1.60. The summed E-state index contributed by atoms with van der Waals surface area (Å²) in [7, 11) is 3.84. The van der Waals surface area contributed by atoms with Crippen LogP contribution in [0.2, 0.25) is 0 Å². The molecule has 176 valence electrons. The van der Waals surface area contributed by atoms with Crippen LogP contribution in [-0.4, -0.2) is 88.6 Å². The number of hydrogen-bond donors (Lipinski definition) is 1. The van der Waals surface area contributed by atoms with Gasteiger partial charge in [-0.1, -0.05) is 12.1 Å². The fourth-order valence-corrected chi connectivity index (χ4v) is 6.11. The molecular weight excluding hydrogens is 448 g/mol. The minimum Gasteiger partial charge on any atom is -0.318 e. The molecule has 34 heavy (non-hydrogen) atoms. The Balaban J connectivity index is 1.20. The van der Waals surface area contributed by atoms with E-state index in [2.05, 4.69) is 45.2 Å². The molecule has 0 radical (unpaired) electrons. The largest absolute Gasteiger partial charge is 0.327 e. The normalized spacial score (nSPS) is 18.8. The third kappa shape index (κ3) is 3.73. The number of H-pyrrole nitrogens is 1. The highest BCUT2D eigenvalue weighted by molar-refractivity contribution is 7.15. The van der Waals surface area contributed by atoms with Gasteiger partial charge in [0.05, 0.1) is 17.1 Å². The highest BCUT2D eigenvalue weighted by Gasteiger charge is 2.34. The number of aromatic amines is 1. The highest BCUT2D eigenvalue weighted by Crippen LogP contribution is 2.42. The molecule has 0 bridgehead atoms. The van der Waals surface area contributed by atoms with Crippen LogP contribution in [0.3, 0.4) is 0 Å². The number of aromatic nitrogens is 2. The number of rotatable bonds is 5. The molecule has 0 unspecified atom stereocenters. The molecule has 3 amide bonds. The van der Waals surface area contributed by atoms with Gasteiger partial charge in [-0.15, -0.1) is 11.3 Å². The maximum atomic E-state index is 12.2. The van der Waals surface area contributed by atoms with Crippen LogP contribution in [0.15, 0.2) is 30.3 Å². The van der Waals surface area contributed by atoms with Gasteiger partial charge in [-0.25, -0.2) is 4.79 Å². The first-order chi connectivity index (χ1) is 16.5. The van der Waals surface area contributed by atoms with Crippen LogP contribution >= 0.6 is 11.3 Å². The maximum Gasteiger partial charge on any atom is 0.327 e. The van der Waals surface area contributed by atoms with Gasteiger partial charge in [0.2, 0.25) is 0 Å². The second-order valence-electron chi connectivity index (χ2n) is 9.56. The lowest BCUT2D eigenvalue weighted by Crippen LogP contribution is -2.43. The van der Waals surface area contributed by atoms with Crippen molar-refractivity contribution in [3.8, 4) is 21.8 Å². The van der Waals surface area contributed by atoms with E-state index >= 15 is 0 Å². The van der Waals surface area contributed by atoms with Crippen molar-refractivity contribution in [1.82, 2.24) is 29.8 Å². The Morgan fingerprint density at radius 1 is 1.03 bits per heavy atom. The van der Waals surface area contributed by atoms with E-state index in [1.165, 1.54) is 32.1 Å². The van der Waals surface area contributed by atoms with Gasteiger partial charge in [-0.3, -0.25) is 19.7 Å². The van der Waals surface area contributed by atoms with Gasteiger partial charge in [0.25, 0.3) is 5.91 Å². The topological polar surface area (TPSA) is 75.8 Å². The van der Waals surface area contributed by atoms with E-state index in [9.17, 15) is 9.59 Å². The predicted octanol–water partition coefficient (Wildman–Crippen LogP) is 2.85. The van der Waals surface area contributed by atoms with Crippen LogP contribution < -0.4 is 0 Å². The summed E-state index contributed by atoms with van der Waals surface area (Å²) < 4.78 is 0. The minimum atomic E-state index is -0.233. The molecule has 4 heterocycles. The van der Waals surface area contributed by atoms with Gasteiger partial charge in [0.1, 0.15) is 12.2 Å². The van der Waals surface area contributed by atoms with Crippen LogP contribution in [0, 0.1) is 0 Å². The first kappa shape index (κ1) is 21.5. The Kier molecular flexibility index (Phi) is 5.28. The molecule has 8 nitrogen and oxygen atoms in total. The van der Waals surface area contributed by atoms with Crippen molar-refractivity contribution in [3.05, 3.63) is 51.9 Å². The van der Waals surface area contributed by atoms with Crippen LogP contribution in [0.5, 0.6) is 0 Å². The minimum absolute atomic E-state index is 0.147. The summed E-state index contributed by atoms with van der Waals surface area (Å²) in [5, 5.41) is 7.95. The van der Waals surface area contributed by atoms with Crippen molar-refractivity contribution in [1.29, 1.82) is 0 Å². The van der Waals surface area contributed by atoms with Crippen LogP contribution in [0.4, 0.5) is 4.79 Å². The quantitative estimate of drug-likeness (QED) is 0.449. The zero-order valence-electron chi connectivity index (χ0n) is 19.5. The summed E-state index contributed by atoms with van der Waals surface area (Å²) in [5.74, 6) is -0.147. The Morgan fingerprint density at radius 2 is 1.85 bits per heavy atom. The molecule has 1 N–H and O–H groups in total. The SMILES string of the molecule is CN1CCN(Cc2ccc3c(c2)-c2[nH]nc(-c4ccc(CN5C(=O)CN(C)C5=O)s4)c2C3)CC1. The lowest BCUT2D eigenvalue weighted by Gasteiger charge is -2.32. The molecule has 2 saturated heterocycles. The van der Waals surface area contributed by atoms with Crippen molar-refractivity contribution in [2.75, 3.05) is 46.8 Å². The summed E-state index contributed by atoms with van der Waals surface area (Å²) in [6.07, 6.45) is 0.867. The maximum absolute atomic E-state index is 12.2. The lowest BCUT2D eigenvalue weighted by atomic mass is 10.0. The fraction of sp³-hybridized carbons (Fsp3) is 0.400. The lowest BCUT2D eigenvalue weighted by molar-refractivity contribution is -0.125. The summed E-state index contributed by atoms with van der Waals surface area (Å²) in [5.41, 5.74) is 7.25. The third-order valence-corrected chi connectivity index (χ3v) is 8.20. The standard InChI is InChI=1S/C25H28N6O2S/c1-28-7-9-30(10-8-28)13-16-3-4-17-12-20-23(19(17)11-16)26-27-24(20)21-6-5-18(34-21)14-31-22(32)15-29(2)25(31)33/h3-6,11H,7-10,12-15H2,1-2H3,(H,26,27). The third-order valence-electron chi connectivity index (χ3n) is 7.12. The molecule has 2 aromatic heterocycles.